The van der Waals surface area contributed by atoms with Crippen molar-refractivity contribution in [1.82, 2.24) is 9.97 Å². The highest BCUT2D eigenvalue weighted by Crippen LogP contribution is 2.27. The van der Waals surface area contributed by atoms with Crippen LogP contribution in [0.5, 0.6) is 5.88 Å². The van der Waals surface area contributed by atoms with E-state index in [0.717, 1.165) is 18.4 Å². The molecule has 1 heterocycles. The fourth-order valence-corrected chi connectivity index (χ4v) is 1.84. The van der Waals surface area contributed by atoms with Gasteiger partial charge in [-0.15, -0.1) is 0 Å². The van der Waals surface area contributed by atoms with Gasteiger partial charge in [-0.25, -0.2) is 9.97 Å². The molecule has 0 saturated carbocycles. The van der Waals surface area contributed by atoms with Gasteiger partial charge in [-0.3, -0.25) is 4.79 Å². The Morgan fingerprint density at radius 1 is 1.33 bits per heavy atom. The molecule has 1 amide bonds. The van der Waals surface area contributed by atoms with Crippen LogP contribution < -0.4 is 10.5 Å². The average Bonchev–Trinajstić information content (AvgIpc) is 2.48. The van der Waals surface area contributed by atoms with Crippen LogP contribution in [-0.2, 0) is 0 Å². The lowest BCUT2D eigenvalue weighted by Crippen LogP contribution is -2.14. The van der Waals surface area contributed by atoms with Crippen LogP contribution in [0.15, 0.2) is 30.5 Å². The van der Waals surface area contributed by atoms with Crippen molar-refractivity contribution >= 4 is 17.5 Å². The molecule has 110 valence electrons. The van der Waals surface area contributed by atoms with E-state index in [2.05, 4.69) is 16.9 Å². The van der Waals surface area contributed by atoms with E-state index >= 15 is 0 Å². The molecule has 2 aromatic rings. The molecule has 0 radical (unpaired) electrons. The summed E-state index contributed by atoms with van der Waals surface area (Å²) in [6.45, 7) is 2.62. The molecule has 0 aliphatic carbocycles. The van der Waals surface area contributed by atoms with Gasteiger partial charge in [0.25, 0.3) is 5.91 Å². The third-order valence-electron chi connectivity index (χ3n) is 2.85. The van der Waals surface area contributed by atoms with Gasteiger partial charge in [-0.05, 0) is 18.6 Å². The number of hydrogen-bond acceptors (Lipinski definition) is 4. The van der Waals surface area contributed by atoms with E-state index in [9.17, 15) is 4.79 Å². The van der Waals surface area contributed by atoms with Crippen molar-refractivity contribution in [3.63, 3.8) is 0 Å². The van der Waals surface area contributed by atoms with Crippen molar-refractivity contribution in [3.8, 4) is 17.1 Å². The molecule has 1 aromatic heterocycles. The number of carbonyl (C=O) groups excluding carboxylic acids is 1. The van der Waals surface area contributed by atoms with E-state index in [0.29, 0.717) is 23.2 Å². The molecular formula is C15H16ClN3O2. The van der Waals surface area contributed by atoms with Crippen molar-refractivity contribution in [1.29, 1.82) is 0 Å². The Balaban J connectivity index is 2.40. The van der Waals surface area contributed by atoms with E-state index in [4.69, 9.17) is 22.1 Å². The Hall–Kier alpha value is -2.14. The summed E-state index contributed by atoms with van der Waals surface area (Å²) in [5.74, 6) is -0.242. The Morgan fingerprint density at radius 2 is 2.05 bits per heavy atom. The maximum atomic E-state index is 11.3. The first-order chi connectivity index (χ1) is 10.1. The van der Waals surface area contributed by atoms with Crippen LogP contribution in [0.3, 0.4) is 0 Å². The number of aromatic nitrogens is 2. The number of unbranched alkanes of at least 4 members (excludes halogenated alkanes) is 1. The summed E-state index contributed by atoms with van der Waals surface area (Å²) >= 11 is 5.88. The van der Waals surface area contributed by atoms with Crippen molar-refractivity contribution < 1.29 is 9.53 Å². The van der Waals surface area contributed by atoms with Crippen molar-refractivity contribution in [2.24, 2.45) is 5.73 Å². The largest absolute Gasteiger partial charge is 0.476 e. The lowest BCUT2D eigenvalue weighted by atomic mass is 10.1. The van der Waals surface area contributed by atoms with E-state index < -0.39 is 5.91 Å². The number of amides is 1. The van der Waals surface area contributed by atoms with E-state index in [1.165, 1.54) is 6.20 Å². The maximum absolute atomic E-state index is 11.3. The highest BCUT2D eigenvalue weighted by atomic mass is 35.5. The monoisotopic (exact) mass is 305 g/mol. The number of nitrogens with zero attached hydrogens (tertiary/aromatic N) is 2. The molecule has 0 spiro atoms. The first-order valence-corrected chi connectivity index (χ1v) is 7.05. The van der Waals surface area contributed by atoms with Crippen LogP contribution in [0.2, 0.25) is 5.02 Å². The predicted octanol–water partition coefficient (Wildman–Crippen LogP) is 3.07. The van der Waals surface area contributed by atoms with E-state index in [1.807, 2.05) is 0 Å². The summed E-state index contributed by atoms with van der Waals surface area (Å²) < 4.78 is 5.64. The Labute approximate surface area is 128 Å². The number of primary amides is 1. The number of ether oxygens (including phenoxy) is 1. The molecule has 0 unspecified atom stereocenters. The molecule has 21 heavy (non-hydrogen) atoms. The van der Waals surface area contributed by atoms with Crippen molar-refractivity contribution in [2.75, 3.05) is 6.61 Å². The first kappa shape index (κ1) is 15.3. The molecule has 0 saturated heterocycles. The fourth-order valence-electron chi connectivity index (χ4n) is 1.71. The van der Waals surface area contributed by atoms with Crippen LogP contribution in [0, 0.1) is 0 Å². The second kappa shape index (κ2) is 7.04. The first-order valence-electron chi connectivity index (χ1n) is 6.67. The standard InChI is InChI=1S/C15H16ClN3O2/c1-2-3-8-21-15-13(10-4-6-11(16)7-5-10)19-12(9-18-15)14(17)20/h4-7,9H,2-3,8H2,1H3,(H2,17,20). The second-order valence-electron chi connectivity index (χ2n) is 4.48. The van der Waals surface area contributed by atoms with E-state index in [1.54, 1.807) is 24.3 Å². The quantitative estimate of drug-likeness (QED) is 0.832. The van der Waals surface area contributed by atoms with Gasteiger partial charge in [-0.1, -0.05) is 37.1 Å². The van der Waals surface area contributed by atoms with Crippen LogP contribution in [0.1, 0.15) is 30.3 Å². The molecule has 6 heteroatoms. The van der Waals surface area contributed by atoms with Crippen molar-refractivity contribution in [2.45, 2.75) is 19.8 Å². The molecule has 0 aliphatic heterocycles. The molecule has 0 bridgehead atoms. The molecule has 2 rings (SSSR count). The fraction of sp³-hybridized carbons (Fsp3) is 0.267. The minimum Gasteiger partial charge on any atom is -0.476 e. The number of rotatable bonds is 6. The third kappa shape index (κ3) is 3.92. The van der Waals surface area contributed by atoms with Gasteiger partial charge >= 0.3 is 0 Å². The van der Waals surface area contributed by atoms with Gasteiger partial charge in [-0.2, -0.15) is 0 Å². The number of halogens is 1. The summed E-state index contributed by atoms with van der Waals surface area (Å²) in [6.07, 6.45) is 3.26. The number of hydrogen-bond donors (Lipinski definition) is 1. The predicted molar refractivity (Wildman–Crippen MR) is 81.4 cm³/mol. The lowest BCUT2D eigenvalue weighted by molar-refractivity contribution is 0.0995. The van der Waals surface area contributed by atoms with Crippen LogP contribution in [0.25, 0.3) is 11.3 Å². The molecule has 1 aromatic carbocycles. The maximum Gasteiger partial charge on any atom is 0.268 e. The SMILES string of the molecule is CCCCOc1ncc(C(N)=O)nc1-c1ccc(Cl)cc1. The topological polar surface area (TPSA) is 78.1 Å². The molecule has 0 fully saturated rings. The zero-order valence-electron chi connectivity index (χ0n) is 11.7. The minimum atomic E-state index is -0.627. The van der Waals surface area contributed by atoms with Crippen LogP contribution in [-0.4, -0.2) is 22.5 Å². The summed E-state index contributed by atoms with van der Waals surface area (Å²) in [4.78, 5) is 19.7. The molecule has 5 nitrogen and oxygen atoms in total. The van der Waals surface area contributed by atoms with Crippen LogP contribution in [0.4, 0.5) is 0 Å². The van der Waals surface area contributed by atoms with Gasteiger partial charge in [0.05, 0.1) is 12.8 Å². The number of benzene rings is 1. The second-order valence-corrected chi connectivity index (χ2v) is 4.92. The lowest BCUT2D eigenvalue weighted by Gasteiger charge is -2.10. The molecule has 0 atom stereocenters. The Morgan fingerprint density at radius 3 is 2.67 bits per heavy atom. The summed E-state index contributed by atoms with van der Waals surface area (Å²) in [5, 5.41) is 0.617. The normalized spacial score (nSPS) is 10.4. The summed E-state index contributed by atoms with van der Waals surface area (Å²) in [6, 6.07) is 7.07. The van der Waals surface area contributed by atoms with Crippen LogP contribution >= 0.6 is 11.6 Å². The smallest absolute Gasteiger partial charge is 0.268 e. The minimum absolute atomic E-state index is 0.0998. The Bertz CT molecular complexity index is 629. The Kier molecular flexibility index (Phi) is 5.11. The van der Waals surface area contributed by atoms with Gasteiger partial charge < -0.3 is 10.5 Å². The molecule has 0 aliphatic rings. The molecule has 2 N–H and O–H groups in total. The highest BCUT2D eigenvalue weighted by molar-refractivity contribution is 6.30. The zero-order valence-corrected chi connectivity index (χ0v) is 12.4. The zero-order chi connectivity index (χ0) is 15.2. The average molecular weight is 306 g/mol. The number of carbonyl (C=O) groups is 1. The van der Waals surface area contributed by atoms with Gasteiger partial charge in [0, 0.05) is 10.6 Å². The van der Waals surface area contributed by atoms with Gasteiger partial charge in [0.1, 0.15) is 11.4 Å². The summed E-state index contributed by atoms with van der Waals surface area (Å²) in [5.41, 5.74) is 6.60. The molecular weight excluding hydrogens is 290 g/mol. The highest BCUT2D eigenvalue weighted by Gasteiger charge is 2.14. The third-order valence-corrected chi connectivity index (χ3v) is 3.10. The van der Waals surface area contributed by atoms with Gasteiger partial charge in [0.15, 0.2) is 0 Å². The summed E-state index contributed by atoms with van der Waals surface area (Å²) in [7, 11) is 0. The van der Waals surface area contributed by atoms with Crippen molar-refractivity contribution in [3.05, 3.63) is 41.2 Å². The number of nitrogens with two attached hydrogens (primary N) is 1. The van der Waals surface area contributed by atoms with Gasteiger partial charge in [0.2, 0.25) is 5.88 Å². The van der Waals surface area contributed by atoms with E-state index in [-0.39, 0.29) is 5.69 Å².